The van der Waals surface area contributed by atoms with E-state index in [0.717, 1.165) is 22.3 Å². The van der Waals surface area contributed by atoms with Gasteiger partial charge < -0.3 is 18.9 Å². The molecule has 5 rings (SSSR count). The van der Waals surface area contributed by atoms with Gasteiger partial charge in [0.05, 0.1) is 12.8 Å². The molecule has 6 heteroatoms. The number of carbonyl (C=O) groups excluding carboxylic acids is 1. The number of pyridine rings is 1. The zero-order chi connectivity index (χ0) is 19.8. The number of para-hydroxylation sites is 1. The highest BCUT2D eigenvalue weighted by atomic mass is 16.5. The molecule has 1 N–H and O–H groups in total. The molecule has 0 radical (unpaired) electrons. The molecule has 0 fully saturated rings. The van der Waals surface area contributed by atoms with Gasteiger partial charge in [0, 0.05) is 29.0 Å². The Kier molecular flexibility index (Phi) is 4.02. The van der Waals surface area contributed by atoms with Crippen LogP contribution in [-0.4, -0.2) is 22.4 Å². The Morgan fingerprint density at radius 3 is 2.72 bits per heavy atom. The average Bonchev–Trinajstić information content (AvgIpc) is 3.38. The second-order valence-corrected chi connectivity index (χ2v) is 6.61. The number of anilines is 1. The van der Waals surface area contributed by atoms with Crippen molar-refractivity contribution in [2.45, 2.75) is 0 Å². The Hall–Kier alpha value is -4.06. The van der Waals surface area contributed by atoms with E-state index in [4.69, 9.17) is 9.15 Å². The molecule has 0 aliphatic rings. The van der Waals surface area contributed by atoms with E-state index in [9.17, 15) is 4.79 Å². The van der Waals surface area contributed by atoms with Crippen LogP contribution < -0.4 is 10.1 Å². The topological polar surface area (TPSA) is 68.8 Å². The molecule has 0 bridgehead atoms. The number of rotatable bonds is 4. The van der Waals surface area contributed by atoms with Crippen LogP contribution in [0.4, 0.5) is 5.69 Å². The Bertz CT molecular complexity index is 1300. The average molecular weight is 383 g/mol. The van der Waals surface area contributed by atoms with Gasteiger partial charge in [0.2, 0.25) is 0 Å². The summed E-state index contributed by atoms with van der Waals surface area (Å²) in [6.45, 7) is 0. The van der Waals surface area contributed by atoms with Gasteiger partial charge in [0.1, 0.15) is 5.65 Å². The van der Waals surface area contributed by atoms with Gasteiger partial charge in [-0.2, -0.15) is 0 Å². The van der Waals surface area contributed by atoms with Crippen molar-refractivity contribution in [1.29, 1.82) is 0 Å². The van der Waals surface area contributed by atoms with Crippen LogP contribution in [0.1, 0.15) is 10.6 Å². The van der Waals surface area contributed by atoms with E-state index in [1.165, 1.54) is 0 Å². The molecule has 0 atom stereocenters. The molecule has 2 aromatic carbocycles. The highest BCUT2D eigenvalue weighted by Gasteiger charge is 2.15. The van der Waals surface area contributed by atoms with E-state index in [1.54, 1.807) is 19.2 Å². The number of ether oxygens (including phenoxy) is 1. The lowest BCUT2D eigenvalue weighted by Crippen LogP contribution is -2.10. The number of aromatic nitrogens is 2. The summed E-state index contributed by atoms with van der Waals surface area (Å²) in [6, 6.07) is 20.7. The van der Waals surface area contributed by atoms with E-state index in [1.807, 2.05) is 71.4 Å². The predicted octanol–water partition coefficient (Wildman–Crippen LogP) is 5.01. The van der Waals surface area contributed by atoms with Gasteiger partial charge in [-0.3, -0.25) is 4.79 Å². The number of fused-ring (bicyclic) bond motifs is 2. The number of benzene rings is 2. The van der Waals surface area contributed by atoms with Crippen molar-refractivity contribution in [3.8, 4) is 17.0 Å². The first-order valence-electron chi connectivity index (χ1n) is 9.13. The number of imidazole rings is 1. The highest BCUT2D eigenvalue weighted by Crippen LogP contribution is 2.29. The molecule has 0 saturated carbocycles. The lowest BCUT2D eigenvalue weighted by Gasteiger charge is -2.04. The number of nitrogens with zero attached hydrogens (tertiary/aromatic N) is 2. The molecule has 0 saturated heterocycles. The highest BCUT2D eigenvalue weighted by molar-refractivity contribution is 6.05. The van der Waals surface area contributed by atoms with Crippen LogP contribution in [-0.2, 0) is 0 Å². The van der Waals surface area contributed by atoms with Gasteiger partial charge >= 0.3 is 0 Å². The van der Waals surface area contributed by atoms with Gasteiger partial charge in [-0.05, 0) is 36.4 Å². The van der Waals surface area contributed by atoms with E-state index in [-0.39, 0.29) is 11.7 Å². The summed E-state index contributed by atoms with van der Waals surface area (Å²) in [5.74, 6) is 0.510. The van der Waals surface area contributed by atoms with Crippen LogP contribution in [0.25, 0.3) is 27.9 Å². The minimum Gasteiger partial charge on any atom is -0.493 e. The second-order valence-electron chi connectivity index (χ2n) is 6.61. The number of amides is 1. The summed E-state index contributed by atoms with van der Waals surface area (Å²) in [5.41, 5.74) is 3.97. The summed E-state index contributed by atoms with van der Waals surface area (Å²) in [7, 11) is 1.57. The van der Waals surface area contributed by atoms with Crippen LogP contribution in [0.15, 0.2) is 83.5 Å². The summed E-state index contributed by atoms with van der Waals surface area (Å²) in [5, 5.41) is 3.68. The SMILES string of the molecule is COc1cccc2cc(C(=O)Nc3ccc(-c4cn5ccccc5n4)cc3)oc12. The summed E-state index contributed by atoms with van der Waals surface area (Å²) in [6.07, 6.45) is 3.94. The Morgan fingerprint density at radius 1 is 1.07 bits per heavy atom. The molecule has 0 unspecified atom stereocenters. The van der Waals surface area contributed by atoms with E-state index in [0.29, 0.717) is 17.0 Å². The minimum atomic E-state index is -0.316. The smallest absolute Gasteiger partial charge is 0.291 e. The maximum absolute atomic E-state index is 12.6. The van der Waals surface area contributed by atoms with Crippen LogP contribution in [0.2, 0.25) is 0 Å². The van der Waals surface area contributed by atoms with Gasteiger partial charge in [-0.15, -0.1) is 0 Å². The molecule has 29 heavy (non-hydrogen) atoms. The number of hydrogen-bond donors (Lipinski definition) is 1. The number of carbonyl (C=O) groups is 1. The lowest BCUT2D eigenvalue weighted by molar-refractivity contribution is 0.0998. The number of methoxy groups -OCH3 is 1. The molecule has 6 nitrogen and oxygen atoms in total. The van der Waals surface area contributed by atoms with Crippen molar-refractivity contribution in [2.75, 3.05) is 12.4 Å². The fraction of sp³-hybridized carbons (Fsp3) is 0.0435. The molecular formula is C23H17N3O3. The maximum Gasteiger partial charge on any atom is 0.291 e. The van der Waals surface area contributed by atoms with Gasteiger partial charge in [-0.25, -0.2) is 4.98 Å². The van der Waals surface area contributed by atoms with Crippen molar-refractivity contribution < 1.29 is 13.9 Å². The summed E-state index contributed by atoms with van der Waals surface area (Å²) < 4.78 is 13.0. The first kappa shape index (κ1) is 17.1. The summed E-state index contributed by atoms with van der Waals surface area (Å²) in [4.78, 5) is 17.2. The fourth-order valence-corrected chi connectivity index (χ4v) is 3.30. The fourth-order valence-electron chi connectivity index (χ4n) is 3.30. The maximum atomic E-state index is 12.6. The number of furan rings is 1. The zero-order valence-electron chi connectivity index (χ0n) is 15.6. The molecule has 1 amide bonds. The van der Waals surface area contributed by atoms with E-state index < -0.39 is 0 Å². The Labute approximate surface area is 166 Å². The lowest BCUT2D eigenvalue weighted by atomic mass is 10.1. The quantitative estimate of drug-likeness (QED) is 0.474. The van der Waals surface area contributed by atoms with E-state index >= 15 is 0 Å². The Morgan fingerprint density at radius 2 is 1.93 bits per heavy atom. The zero-order valence-corrected chi connectivity index (χ0v) is 15.6. The summed E-state index contributed by atoms with van der Waals surface area (Å²) >= 11 is 0. The first-order chi connectivity index (χ1) is 14.2. The molecule has 3 aromatic heterocycles. The first-order valence-corrected chi connectivity index (χ1v) is 9.13. The molecular weight excluding hydrogens is 366 g/mol. The molecule has 0 aliphatic carbocycles. The van der Waals surface area contributed by atoms with Crippen LogP contribution in [0.5, 0.6) is 5.75 Å². The molecule has 0 spiro atoms. The van der Waals surface area contributed by atoms with Crippen molar-refractivity contribution in [1.82, 2.24) is 9.38 Å². The van der Waals surface area contributed by atoms with Crippen LogP contribution in [0, 0.1) is 0 Å². The van der Waals surface area contributed by atoms with Crippen molar-refractivity contribution in [3.05, 3.63) is 84.9 Å². The molecule has 5 aromatic rings. The normalized spacial score (nSPS) is 11.1. The molecule has 0 aliphatic heterocycles. The molecule has 142 valence electrons. The van der Waals surface area contributed by atoms with E-state index in [2.05, 4.69) is 10.3 Å². The van der Waals surface area contributed by atoms with Crippen molar-refractivity contribution in [2.24, 2.45) is 0 Å². The van der Waals surface area contributed by atoms with Gasteiger partial charge in [0.15, 0.2) is 17.1 Å². The second kappa shape index (κ2) is 6.83. The third-order valence-corrected chi connectivity index (χ3v) is 4.75. The van der Waals surface area contributed by atoms with Crippen LogP contribution in [0.3, 0.4) is 0 Å². The van der Waals surface area contributed by atoms with Gasteiger partial charge in [-0.1, -0.05) is 30.3 Å². The number of nitrogens with one attached hydrogen (secondary N) is 1. The molecule has 3 heterocycles. The largest absolute Gasteiger partial charge is 0.493 e. The van der Waals surface area contributed by atoms with Crippen LogP contribution >= 0.6 is 0 Å². The minimum absolute atomic E-state index is 0.230. The predicted molar refractivity (Wildman–Crippen MR) is 111 cm³/mol. The van der Waals surface area contributed by atoms with Gasteiger partial charge in [0.25, 0.3) is 5.91 Å². The third-order valence-electron chi connectivity index (χ3n) is 4.75. The third kappa shape index (κ3) is 3.10. The Balaban J connectivity index is 1.37. The number of hydrogen-bond acceptors (Lipinski definition) is 4. The monoisotopic (exact) mass is 383 g/mol. The van der Waals surface area contributed by atoms with Crippen molar-refractivity contribution >= 4 is 28.2 Å². The standard InChI is InChI=1S/C23H17N3O3/c1-28-19-6-4-5-16-13-20(29-22(16)19)23(27)24-17-10-8-15(9-11-17)18-14-26-12-3-2-7-21(26)25-18/h2-14H,1H3,(H,24,27). The van der Waals surface area contributed by atoms with Crippen molar-refractivity contribution in [3.63, 3.8) is 0 Å².